The SMILES string of the molecule is CC1CCCCN1CC1CN(C)CCC1N. The minimum absolute atomic E-state index is 0.422. The molecule has 2 aliphatic rings. The Balaban J connectivity index is 1.86. The normalized spacial score (nSPS) is 38.8. The zero-order valence-electron chi connectivity index (χ0n) is 10.9. The Bertz CT molecular complexity index is 219. The highest BCUT2D eigenvalue weighted by molar-refractivity contribution is 4.85. The van der Waals surface area contributed by atoms with Crippen molar-refractivity contribution in [3.63, 3.8) is 0 Å². The Morgan fingerprint density at radius 2 is 2.00 bits per heavy atom. The summed E-state index contributed by atoms with van der Waals surface area (Å²) in [7, 11) is 2.22. The van der Waals surface area contributed by atoms with E-state index in [-0.39, 0.29) is 0 Å². The smallest absolute Gasteiger partial charge is 0.0104 e. The van der Waals surface area contributed by atoms with E-state index in [9.17, 15) is 0 Å². The molecule has 0 aromatic carbocycles. The lowest BCUT2D eigenvalue weighted by Crippen LogP contribution is -2.52. The van der Waals surface area contributed by atoms with E-state index in [4.69, 9.17) is 5.73 Å². The van der Waals surface area contributed by atoms with E-state index in [1.165, 1.54) is 51.9 Å². The number of hydrogen-bond donors (Lipinski definition) is 1. The van der Waals surface area contributed by atoms with E-state index < -0.39 is 0 Å². The molecule has 0 aliphatic carbocycles. The summed E-state index contributed by atoms with van der Waals surface area (Å²) in [6, 6.07) is 1.19. The maximum Gasteiger partial charge on any atom is 0.0104 e. The van der Waals surface area contributed by atoms with Crippen LogP contribution in [-0.2, 0) is 0 Å². The number of rotatable bonds is 2. The zero-order valence-corrected chi connectivity index (χ0v) is 10.9. The summed E-state index contributed by atoms with van der Waals surface area (Å²) in [5, 5.41) is 0. The van der Waals surface area contributed by atoms with Crippen LogP contribution in [0.2, 0.25) is 0 Å². The first-order valence-corrected chi connectivity index (χ1v) is 6.85. The molecule has 3 atom stereocenters. The number of piperidine rings is 2. The summed E-state index contributed by atoms with van der Waals surface area (Å²) in [6.45, 7) is 7.23. The van der Waals surface area contributed by atoms with E-state index in [0.29, 0.717) is 12.0 Å². The van der Waals surface area contributed by atoms with Gasteiger partial charge in [0.25, 0.3) is 0 Å². The molecule has 0 radical (unpaired) electrons. The fourth-order valence-corrected chi connectivity index (χ4v) is 3.16. The van der Waals surface area contributed by atoms with Gasteiger partial charge in [-0.15, -0.1) is 0 Å². The monoisotopic (exact) mass is 225 g/mol. The third-order valence-corrected chi connectivity index (χ3v) is 4.41. The van der Waals surface area contributed by atoms with Crippen LogP contribution in [0.3, 0.4) is 0 Å². The molecule has 94 valence electrons. The summed E-state index contributed by atoms with van der Waals surface area (Å²) in [5.41, 5.74) is 6.25. The van der Waals surface area contributed by atoms with Gasteiger partial charge >= 0.3 is 0 Å². The van der Waals surface area contributed by atoms with Crippen molar-refractivity contribution in [3.8, 4) is 0 Å². The number of hydrogen-bond acceptors (Lipinski definition) is 3. The average molecular weight is 225 g/mol. The van der Waals surface area contributed by atoms with Gasteiger partial charge in [0.1, 0.15) is 0 Å². The van der Waals surface area contributed by atoms with Gasteiger partial charge in [-0.05, 0) is 52.2 Å². The number of nitrogens with zero attached hydrogens (tertiary/aromatic N) is 2. The third kappa shape index (κ3) is 2.96. The fourth-order valence-electron chi connectivity index (χ4n) is 3.16. The van der Waals surface area contributed by atoms with Gasteiger partial charge in [-0.25, -0.2) is 0 Å². The second-order valence-corrected chi connectivity index (χ2v) is 5.81. The van der Waals surface area contributed by atoms with Crippen LogP contribution in [0.25, 0.3) is 0 Å². The first-order valence-electron chi connectivity index (χ1n) is 6.85. The molecule has 2 aliphatic heterocycles. The maximum absolute atomic E-state index is 6.25. The molecule has 3 nitrogen and oxygen atoms in total. The van der Waals surface area contributed by atoms with E-state index in [0.717, 1.165) is 6.04 Å². The standard InChI is InChI=1S/C13H27N3/c1-11-5-3-4-7-16(11)10-12-9-15(2)8-6-13(12)14/h11-13H,3-10,14H2,1-2H3. The van der Waals surface area contributed by atoms with Gasteiger partial charge in [0.15, 0.2) is 0 Å². The maximum atomic E-state index is 6.25. The van der Waals surface area contributed by atoms with Gasteiger partial charge in [-0.1, -0.05) is 6.42 Å². The van der Waals surface area contributed by atoms with Gasteiger partial charge in [0, 0.05) is 25.2 Å². The number of likely N-dealkylation sites (tertiary alicyclic amines) is 2. The first kappa shape index (κ1) is 12.3. The molecule has 0 amide bonds. The highest BCUT2D eigenvalue weighted by Gasteiger charge is 2.28. The summed E-state index contributed by atoms with van der Waals surface area (Å²) in [6.07, 6.45) is 5.33. The van der Waals surface area contributed by atoms with Gasteiger partial charge in [-0.3, -0.25) is 0 Å². The Morgan fingerprint density at radius 3 is 2.75 bits per heavy atom. The zero-order chi connectivity index (χ0) is 11.5. The number of nitrogens with two attached hydrogens (primary N) is 1. The quantitative estimate of drug-likeness (QED) is 0.765. The van der Waals surface area contributed by atoms with Crippen molar-refractivity contribution in [2.45, 2.75) is 44.7 Å². The van der Waals surface area contributed by atoms with E-state index in [2.05, 4.69) is 23.8 Å². The molecule has 2 rings (SSSR count). The molecule has 2 N–H and O–H groups in total. The highest BCUT2D eigenvalue weighted by atomic mass is 15.2. The largest absolute Gasteiger partial charge is 0.327 e. The van der Waals surface area contributed by atoms with Gasteiger partial charge in [0.2, 0.25) is 0 Å². The van der Waals surface area contributed by atoms with Gasteiger partial charge < -0.3 is 15.5 Å². The van der Waals surface area contributed by atoms with Crippen molar-refractivity contribution >= 4 is 0 Å². The second-order valence-electron chi connectivity index (χ2n) is 5.81. The van der Waals surface area contributed by atoms with Crippen molar-refractivity contribution in [1.82, 2.24) is 9.80 Å². The Morgan fingerprint density at radius 1 is 1.19 bits per heavy atom. The van der Waals surface area contributed by atoms with E-state index in [1.807, 2.05) is 0 Å². The molecule has 0 aromatic rings. The molecule has 0 bridgehead atoms. The van der Waals surface area contributed by atoms with E-state index >= 15 is 0 Å². The Labute approximate surface area is 100.0 Å². The summed E-state index contributed by atoms with van der Waals surface area (Å²) in [4.78, 5) is 5.09. The molecule has 3 unspecified atom stereocenters. The predicted octanol–water partition coefficient (Wildman–Crippen LogP) is 1.14. The predicted molar refractivity (Wildman–Crippen MR) is 68.5 cm³/mol. The molecule has 3 heteroatoms. The van der Waals surface area contributed by atoms with Gasteiger partial charge in [0.05, 0.1) is 0 Å². The van der Waals surface area contributed by atoms with Crippen molar-refractivity contribution in [3.05, 3.63) is 0 Å². The Hall–Kier alpha value is -0.120. The summed E-state index contributed by atoms with van der Waals surface area (Å²) in [5.74, 6) is 0.680. The molecule has 0 spiro atoms. The lowest BCUT2D eigenvalue weighted by Gasteiger charge is -2.41. The molecule has 16 heavy (non-hydrogen) atoms. The first-order chi connectivity index (χ1) is 7.66. The van der Waals surface area contributed by atoms with Crippen LogP contribution in [0, 0.1) is 5.92 Å². The van der Waals surface area contributed by atoms with E-state index in [1.54, 1.807) is 0 Å². The molecule has 2 saturated heterocycles. The second kappa shape index (κ2) is 5.48. The molecule has 0 aromatic heterocycles. The minimum atomic E-state index is 0.422. The highest BCUT2D eigenvalue weighted by Crippen LogP contribution is 2.21. The lowest BCUT2D eigenvalue weighted by molar-refractivity contribution is 0.0923. The van der Waals surface area contributed by atoms with Crippen molar-refractivity contribution in [2.24, 2.45) is 11.7 Å². The van der Waals surface area contributed by atoms with Crippen LogP contribution in [0.4, 0.5) is 0 Å². The van der Waals surface area contributed by atoms with Crippen LogP contribution in [0.15, 0.2) is 0 Å². The Kier molecular flexibility index (Phi) is 4.22. The van der Waals surface area contributed by atoms with Crippen LogP contribution < -0.4 is 5.73 Å². The van der Waals surface area contributed by atoms with Crippen molar-refractivity contribution in [1.29, 1.82) is 0 Å². The molecule has 2 fully saturated rings. The van der Waals surface area contributed by atoms with Crippen molar-refractivity contribution < 1.29 is 0 Å². The molecular formula is C13H27N3. The molecule has 2 heterocycles. The van der Waals surface area contributed by atoms with Gasteiger partial charge in [-0.2, -0.15) is 0 Å². The van der Waals surface area contributed by atoms with Crippen LogP contribution in [0.5, 0.6) is 0 Å². The lowest BCUT2D eigenvalue weighted by atomic mass is 9.91. The van der Waals surface area contributed by atoms with Crippen LogP contribution in [0.1, 0.15) is 32.6 Å². The topological polar surface area (TPSA) is 32.5 Å². The van der Waals surface area contributed by atoms with Crippen molar-refractivity contribution in [2.75, 3.05) is 33.2 Å². The third-order valence-electron chi connectivity index (χ3n) is 4.41. The summed E-state index contributed by atoms with van der Waals surface area (Å²) < 4.78 is 0. The average Bonchev–Trinajstić information content (AvgIpc) is 2.27. The van der Waals surface area contributed by atoms with Crippen LogP contribution in [-0.4, -0.2) is 55.1 Å². The molecule has 0 saturated carbocycles. The fraction of sp³-hybridized carbons (Fsp3) is 1.00. The molecular weight excluding hydrogens is 198 g/mol. The minimum Gasteiger partial charge on any atom is -0.327 e. The van der Waals surface area contributed by atoms with Crippen LogP contribution >= 0.6 is 0 Å². The summed E-state index contributed by atoms with van der Waals surface area (Å²) >= 11 is 0.